The van der Waals surface area contributed by atoms with Crippen molar-refractivity contribution in [3.63, 3.8) is 0 Å². The Kier molecular flexibility index (Phi) is 3.32. The predicted molar refractivity (Wildman–Crippen MR) is 83.0 cm³/mol. The first-order chi connectivity index (χ1) is 9.40. The van der Waals surface area contributed by atoms with E-state index in [-0.39, 0.29) is 17.1 Å². The molecule has 0 aromatic heterocycles. The zero-order valence-corrected chi connectivity index (χ0v) is 13.0. The number of benzene rings is 1. The molecule has 0 amide bonds. The molecule has 1 saturated carbocycles. The molecule has 20 heavy (non-hydrogen) atoms. The molecule has 2 heteroatoms. The monoisotopic (exact) mass is 273 g/mol. The van der Waals surface area contributed by atoms with Gasteiger partial charge in [0.25, 0.3) is 0 Å². The van der Waals surface area contributed by atoms with Gasteiger partial charge in [-0.3, -0.25) is 0 Å². The van der Waals surface area contributed by atoms with E-state index in [1.807, 2.05) is 0 Å². The first-order valence-corrected chi connectivity index (χ1v) is 7.97. The van der Waals surface area contributed by atoms with Crippen molar-refractivity contribution in [2.45, 2.75) is 70.9 Å². The number of fused-ring (bicyclic) bond motifs is 1. The summed E-state index contributed by atoms with van der Waals surface area (Å²) in [6, 6.07) is 6.72. The van der Waals surface area contributed by atoms with E-state index in [1.54, 1.807) is 0 Å². The van der Waals surface area contributed by atoms with Gasteiger partial charge in [0.1, 0.15) is 11.4 Å². The van der Waals surface area contributed by atoms with E-state index in [4.69, 9.17) is 10.5 Å². The van der Waals surface area contributed by atoms with Crippen molar-refractivity contribution >= 4 is 0 Å². The maximum atomic E-state index is 6.62. The van der Waals surface area contributed by atoms with E-state index < -0.39 is 0 Å². The molecule has 1 aliphatic heterocycles. The molecule has 1 fully saturated rings. The summed E-state index contributed by atoms with van der Waals surface area (Å²) in [7, 11) is 0. The van der Waals surface area contributed by atoms with Crippen molar-refractivity contribution < 1.29 is 4.74 Å². The van der Waals surface area contributed by atoms with Crippen molar-refractivity contribution in [1.29, 1.82) is 0 Å². The maximum Gasteiger partial charge on any atom is 0.123 e. The predicted octanol–water partition coefficient (Wildman–Crippen LogP) is 4.37. The van der Waals surface area contributed by atoms with Gasteiger partial charge in [0, 0.05) is 12.5 Å². The number of hydrogen-bond acceptors (Lipinski definition) is 2. The third kappa shape index (κ3) is 2.46. The van der Waals surface area contributed by atoms with Crippen LogP contribution in [0, 0.1) is 5.41 Å². The Balaban J connectivity index is 1.85. The third-order valence-corrected chi connectivity index (χ3v) is 5.19. The molecule has 1 atom stereocenters. The van der Waals surface area contributed by atoms with Crippen LogP contribution in [0.25, 0.3) is 0 Å². The first-order valence-electron chi connectivity index (χ1n) is 7.97. The zero-order chi connectivity index (χ0) is 14.4. The first kappa shape index (κ1) is 13.9. The smallest absolute Gasteiger partial charge is 0.123 e. The molecule has 0 radical (unpaired) electrons. The normalized spacial score (nSPS) is 24.8. The summed E-state index contributed by atoms with van der Waals surface area (Å²) < 4.78 is 5.96. The van der Waals surface area contributed by atoms with Gasteiger partial charge in [0.05, 0.1) is 0 Å². The Labute approximate surface area is 122 Å². The number of rotatable bonds is 2. The highest BCUT2D eigenvalue weighted by atomic mass is 16.5. The molecule has 2 N–H and O–H groups in total. The third-order valence-electron chi connectivity index (χ3n) is 5.19. The van der Waals surface area contributed by atoms with Gasteiger partial charge in [-0.25, -0.2) is 0 Å². The Morgan fingerprint density at radius 3 is 2.50 bits per heavy atom. The van der Waals surface area contributed by atoms with Crippen LogP contribution in [-0.2, 0) is 6.42 Å². The lowest BCUT2D eigenvalue weighted by Crippen LogP contribution is -2.33. The van der Waals surface area contributed by atoms with E-state index >= 15 is 0 Å². The molecule has 2 nitrogen and oxygen atoms in total. The lowest BCUT2D eigenvalue weighted by atomic mass is 9.69. The van der Waals surface area contributed by atoms with Crippen LogP contribution < -0.4 is 10.5 Å². The average Bonchev–Trinajstić information content (AvgIpc) is 2.71. The molecule has 3 rings (SSSR count). The van der Waals surface area contributed by atoms with Crippen LogP contribution in [0.2, 0.25) is 0 Å². The molecular formula is C18H27NO. The van der Waals surface area contributed by atoms with E-state index in [2.05, 4.69) is 39.0 Å². The number of ether oxygens (including phenoxy) is 1. The molecule has 110 valence electrons. The summed E-state index contributed by atoms with van der Waals surface area (Å²) in [5.41, 5.74) is 9.43. The van der Waals surface area contributed by atoms with Gasteiger partial charge in [-0.05, 0) is 49.3 Å². The van der Waals surface area contributed by atoms with Crippen LogP contribution >= 0.6 is 0 Å². The molecule has 1 aliphatic carbocycles. The fourth-order valence-corrected chi connectivity index (χ4v) is 3.90. The van der Waals surface area contributed by atoms with Crippen LogP contribution in [0.1, 0.15) is 70.0 Å². The van der Waals surface area contributed by atoms with Crippen LogP contribution in [0.4, 0.5) is 0 Å². The lowest BCUT2D eigenvalue weighted by Gasteiger charge is -2.39. The van der Waals surface area contributed by atoms with Crippen molar-refractivity contribution in [2.75, 3.05) is 0 Å². The van der Waals surface area contributed by atoms with E-state index in [1.165, 1.54) is 43.2 Å². The highest BCUT2D eigenvalue weighted by molar-refractivity contribution is 5.43. The molecule has 1 unspecified atom stereocenters. The Bertz CT molecular complexity index is 500. The van der Waals surface area contributed by atoms with Gasteiger partial charge in [-0.15, -0.1) is 0 Å². The van der Waals surface area contributed by atoms with Crippen molar-refractivity contribution in [2.24, 2.45) is 11.1 Å². The van der Waals surface area contributed by atoms with Gasteiger partial charge in [0.2, 0.25) is 0 Å². The van der Waals surface area contributed by atoms with Crippen LogP contribution in [-0.4, -0.2) is 5.60 Å². The molecule has 0 bridgehead atoms. The summed E-state index contributed by atoms with van der Waals surface area (Å²) in [6.45, 7) is 6.66. The highest BCUT2D eigenvalue weighted by Gasteiger charge is 2.36. The molecule has 1 aromatic carbocycles. The zero-order valence-electron chi connectivity index (χ0n) is 13.0. The van der Waals surface area contributed by atoms with E-state index in [0.717, 1.165) is 12.2 Å². The lowest BCUT2D eigenvalue weighted by molar-refractivity contribution is 0.138. The van der Waals surface area contributed by atoms with Crippen molar-refractivity contribution in [3.8, 4) is 5.75 Å². The fourth-order valence-electron chi connectivity index (χ4n) is 3.90. The van der Waals surface area contributed by atoms with Crippen LogP contribution in [0.5, 0.6) is 5.75 Å². The van der Waals surface area contributed by atoms with Crippen LogP contribution in [0.3, 0.4) is 0 Å². The summed E-state index contributed by atoms with van der Waals surface area (Å²) in [4.78, 5) is 0. The largest absolute Gasteiger partial charge is 0.487 e. The minimum absolute atomic E-state index is 0.0697. The van der Waals surface area contributed by atoms with Gasteiger partial charge in [-0.1, -0.05) is 38.3 Å². The SMILES string of the molecule is CC1(C)Cc2cc(C(N)C3(C)CCCCC3)ccc2O1. The van der Waals surface area contributed by atoms with Crippen LogP contribution in [0.15, 0.2) is 18.2 Å². The summed E-state index contributed by atoms with van der Waals surface area (Å²) in [5, 5.41) is 0. The molecule has 0 spiro atoms. The van der Waals surface area contributed by atoms with Gasteiger partial charge < -0.3 is 10.5 Å². The van der Waals surface area contributed by atoms with E-state index in [9.17, 15) is 0 Å². The second kappa shape index (κ2) is 4.77. The average molecular weight is 273 g/mol. The fraction of sp³-hybridized carbons (Fsp3) is 0.667. The minimum atomic E-state index is -0.0697. The molecule has 1 aromatic rings. The maximum absolute atomic E-state index is 6.62. The standard InChI is InChI=1S/C18H27NO/c1-17(2)12-14-11-13(7-8-15(14)20-17)16(19)18(3)9-5-4-6-10-18/h7-8,11,16H,4-6,9-10,12,19H2,1-3H3. The second-order valence-electron chi connectivity index (χ2n) is 7.60. The summed E-state index contributed by atoms with van der Waals surface area (Å²) in [6.07, 6.45) is 7.52. The minimum Gasteiger partial charge on any atom is -0.487 e. The highest BCUT2D eigenvalue weighted by Crippen LogP contribution is 2.45. The van der Waals surface area contributed by atoms with Crippen molar-refractivity contribution in [3.05, 3.63) is 29.3 Å². The summed E-state index contributed by atoms with van der Waals surface area (Å²) >= 11 is 0. The van der Waals surface area contributed by atoms with Crippen molar-refractivity contribution in [1.82, 2.24) is 0 Å². The molecule has 0 saturated heterocycles. The van der Waals surface area contributed by atoms with Gasteiger partial charge in [-0.2, -0.15) is 0 Å². The Morgan fingerprint density at radius 2 is 1.80 bits per heavy atom. The molecular weight excluding hydrogens is 246 g/mol. The van der Waals surface area contributed by atoms with E-state index in [0.29, 0.717) is 0 Å². The number of nitrogens with two attached hydrogens (primary N) is 1. The molecule has 2 aliphatic rings. The quantitative estimate of drug-likeness (QED) is 0.868. The van der Waals surface area contributed by atoms with Gasteiger partial charge >= 0.3 is 0 Å². The van der Waals surface area contributed by atoms with Gasteiger partial charge in [0.15, 0.2) is 0 Å². The second-order valence-corrected chi connectivity index (χ2v) is 7.60. The number of hydrogen-bond donors (Lipinski definition) is 1. The Morgan fingerprint density at radius 1 is 1.10 bits per heavy atom. The summed E-state index contributed by atoms with van der Waals surface area (Å²) in [5.74, 6) is 1.04. The molecule has 1 heterocycles. The topological polar surface area (TPSA) is 35.2 Å². The Hall–Kier alpha value is -1.02.